The number of rotatable bonds is 7. The van der Waals surface area contributed by atoms with Crippen LogP contribution in [0.2, 0.25) is 0 Å². The molecule has 0 radical (unpaired) electrons. The Hall–Kier alpha value is -5.25. The molecule has 9 heteroatoms. The van der Waals surface area contributed by atoms with Crippen molar-refractivity contribution in [1.29, 1.82) is 0 Å². The number of sulfonamides is 1. The topological polar surface area (TPSA) is 112 Å². The summed E-state index contributed by atoms with van der Waals surface area (Å²) in [6.45, 7) is 4.36. The van der Waals surface area contributed by atoms with Crippen LogP contribution in [-0.4, -0.2) is 36.9 Å². The minimum Gasteiger partial charge on any atom is -0.481 e. The van der Waals surface area contributed by atoms with Crippen molar-refractivity contribution in [2.45, 2.75) is 31.6 Å². The number of nitrogens with one attached hydrogen (secondary N) is 1. The van der Waals surface area contributed by atoms with Crippen molar-refractivity contribution in [2.24, 2.45) is 10.9 Å². The summed E-state index contributed by atoms with van der Waals surface area (Å²) in [7, 11) is -3.96. The lowest BCUT2D eigenvalue weighted by molar-refractivity contribution is -0.142. The number of para-hydroxylation sites is 2. The Morgan fingerprint density at radius 2 is 1.54 bits per heavy atom. The van der Waals surface area contributed by atoms with Crippen molar-refractivity contribution in [3.05, 3.63) is 126 Å². The molecular weight excluding hydrogens is 623 g/mol. The van der Waals surface area contributed by atoms with Gasteiger partial charge in [-0.1, -0.05) is 54.6 Å². The van der Waals surface area contributed by atoms with E-state index in [0.717, 1.165) is 44.7 Å². The summed E-state index contributed by atoms with van der Waals surface area (Å²) in [6.07, 6.45) is 0.549. The first-order valence-corrected chi connectivity index (χ1v) is 17.4. The fourth-order valence-electron chi connectivity index (χ4n) is 6.39. The highest BCUT2D eigenvalue weighted by Crippen LogP contribution is 2.43. The maximum Gasteiger partial charge on any atom is 0.306 e. The van der Waals surface area contributed by atoms with Crippen molar-refractivity contribution in [3.8, 4) is 22.5 Å². The Bertz CT molecular complexity index is 2320. The fraction of sp³-hybridized carbons (Fsp3) is 0.179. The molecular formula is C39H35N3O5S. The Kier molecular flexibility index (Phi) is 8.33. The largest absolute Gasteiger partial charge is 0.481 e. The van der Waals surface area contributed by atoms with Crippen LogP contribution >= 0.6 is 0 Å². The van der Waals surface area contributed by atoms with Gasteiger partial charge in [0.25, 0.3) is 0 Å². The zero-order valence-corrected chi connectivity index (χ0v) is 27.5. The van der Waals surface area contributed by atoms with E-state index < -0.39 is 21.9 Å². The summed E-state index contributed by atoms with van der Waals surface area (Å²) in [4.78, 5) is 16.6. The van der Waals surface area contributed by atoms with Crippen molar-refractivity contribution >= 4 is 44.0 Å². The van der Waals surface area contributed by atoms with Crippen LogP contribution in [0.4, 0.5) is 17.1 Å². The summed E-state index contributed by atoms with van der Waals surface area (Å²) in [5, 5.41) is 14.4. The number of carbonyl (C=O) groups is 1. The normalized spacial score (nSPS) is 14.8. The second kappa shape index (κ2) is 12.7. The van der Waals surface area contributed by atoms with E-state index in [4.69, 9.17) is 9.41 Å². The lowest BCUT2D eigenvalue weighted by atomic mass is 9.93. The molecule has 7 rings (SSSR count). The number of aryl methyl sites for hydroxylation is 2. The van der Waals surface area contributed by atoms with Gasteiger partial charge in [0, 0.05) is 58.7 Å². The summed E-state index contributed by atoms with van der Waals surface area (Å²) in [5.74, 6) is -0.866. The Labute approximate surface area is 279 Å². The number of aliphatic carboxylic acids is 1. The highest BCUT2D eigenvalue weighted by Gasteiger charge is 2.34. The molecule has 0 bridgehead atoms. The van der Waals surface area contributed by atoms with Crippen LogP contribution in [-0.2, 0) is 14.8 Å². The van der Waals surface area contributed by atoms with Gasteiger partial charge in [-0.3, -0.25) is 4.79 Å². The molecule has 0 atom stereocenters. The van der Waals surface area contributed by atoms with E-state index in [1.165, 1.54) is 4.31 Å². The van der Waals surface area contributed by atoms with Gasteiger partial charge in [0.15, 0.2) is 0 Å². The monoisotopic (exact) mass is 657 g/mol. The molecule has 1 aliphatic carbocycles. The number of carboxylic acid groups (broad SMARTS) is 1. The quantitative estimate of drug-likeness (QED) is 0.167. The Morgan fingerprint density at radius 1 is 0.833 bits per heavy atom. The molecule has 2 N–H and O–H groups in total. The number of hydrogen-bond donors (Lipinski definition) is 2. The maximum atomic E-state index is 14.2. The van der Waals surface area contributed by atoms with Gasteiger partial charge in [-0.2, -0.15) is 4.31 Å². The first kappa shape index (κ1) is 31.4. The molecule has 4 aromatic carbocycles. The van der Waals surface area contributed by atoms with Crippen LogP contribution < -0.4 is 10.7 Å². The molecule has 1 saturated heterocycles. The average molecular weight is 658 g/mol. The third-order valence-corrected chi connectivity index (χ3v) is 11.0. The van der Waals surface area contributed by atoms with Crippen LogP contribution in [0.1, 0.15) is 24.0 Å². The van der Waals surface area contributed by atoms with Gasteiger partial charge in [0.2, 0.25) is 10.0 Å². The smallest absolute Gasteiger partial charge is 0.306 e. The molecule has 48 heavy (non-hydrogen) atoms. The number of carboxylic acids is 1. The molecule has 0 unspecified atom stereocenters. The van der Waals surface area contributed by atoms with Gasteiger partial charge in [-0.05, 0) is 80.3 Å². The third kappa shape index (κ3) is 5.98. The number of nitrogens with zero attached hydrogens (tertiary/aromatic N) is 2. The highest BCUT2D eigenvalue weighted by atomic mass is 32.2. The molecule has 1 fully saturated rings. The molecule has 242 valence electrons. The number of fused-ring (bicyclic) bond motifs is 2. The lowest BCUT2D eigenvalue weighted by Crippen LogP contribution is -2.40. The number of piperidine rings is 1. The van der Waals surface area contributed by atoms with Crippen LogP contribution in [0, 0.1) is 19.8 Å². The maximum absolute atomic E-state index is 14.2. The number of hydrogen-bond acceptors (Lipinski definition) is 6. The van der Waals surface area contributed by atoms with Gasteiger partial charge < -0.3 is 14.8 Å². The summed E-state index contributed by atoms with van der Waals surface area (Å²) in [5.41, 5.74) is 7.41. The molecule has 0 amide bonds. The molecule has 8 nitrogen and oxygen atoms in total. The van der Waals surface area contributed by atoms with Gasteiger partial charge in [0.05, 0.1) is 21.9 Å². The average Bonchev–Trinajstić information content (AvgIpc) is 3.09. The number of anilines is 2. The first-order chi connectivity index (χ1) is 23.2. The second-order valence-corrected chi connectivity index (χ2v) is 14.1. The molecule has 4 aromatic rings. The van der Waals surface area contributed by atoms with E-state index in [-0.39, 0.29) is 30.8 Å². The van der Waals surface area contributed by atoms with Gasteiger partial charge in [0.1, 0.15) is 11.3 Å². The predicted octanol–water partition coefficient (Wildman–Crippen LogP) is 8.28. The van der Waals surface area contributed by atoms with E-state index in [1.807, 2.05) is 111 Å². The summed E-state index contributed by atoms with van der Waals surface area (Å²) in [6, 6.07) is 34.6. The molecule has 2 aliphatic heterocycles. The van der Waals surface area contributed by atoms with Crippen LogP contribution in [0.15, 0.2) is 123 Å². The third-order valence-electron chi connectivity index (χ3n) is 9.07. The molecule has 0 aromatic heterocycles. The minimum absolute atomic E-state index is 0.150. The Balaban J connectivity index is 1.42. The van der Waals surface area contributed by atoms with Crippen molar-refractivity contribution in [1.82, 2.24) is 4.31 Å². The first-order valence-electron chi connectivity index (χ1n) is 15.9. The van der Waals surface area contributed by atoms with E-state index >= 15 is 0 Å². The molecule has 2 heterocycles. The van der Waals surface area contributed by atoms with E-state index in [0.29, 0.717) is 22.3 Å². The zero-order chi connectivity index (χ0) is 33.4. The van der Waals surface area contributed by atoms with Gasteiger partial charge in [-0.15, -0.1) is 0 Å². The van der Waals surface area contributed by atoms with Crippen LogP contribution in [0.5, 0.6) is 0 Å². The number of benzene rings is 5. The Morgan fingerprint density at radius 3 is 2.29 bits per heavy atom. The fourth-order valence-corrected chi connectivity index (χ4v) is 8.06. The molecule has 0 saturated carbocycles. The van der Waals surface area contributed by atoms with Crippen LogP contribution in [0.25, 0.3) is 33.4 Å². The minimum atomic E-state index is -3.96. The SMILES string of the molecule is Cc1ccccc1N=c1ccc2c(-c3ccccc3S(=O)(=O)N3CCC(C(=O)O)CC3)c3ccc(Nc4ccccc4C)cc3oc-2c1. The van der Waals surface area contributed by atoms with Gasteiger partial charge in [-0.25, -0.2) is 13.4 Å². The zero-order valence-electron chi connectivity index (χ0n) is 26.7. The highest BCUT2D eigenvalue weighted by molar-refractivity contribution is 7.89. The van der Waals surface area contributed by atoms with Gasteiger partial charge >= 0.3 is 5.97 Å². The standard InChI is InChI=1S/C39H35N3O5S/c1-25-9-3-6-12-33(25)40-28-15-17-30-35(23-28)47-36-24-29(41-34-13-7-4-10-26(34)2)16-18-31(36)38(30)32-11-5-8-14-37(32)48(45,46)42-21-19-27(20-22-42)39(43)44/h3-18,23-24,27,40H,19-22H2,1-2H3,(H,43,44). The van der Waals surface area contributed by atoms with Crippen molar-refractivity contribution in [3.63, 3.8) is 0 Å². The van der Waals surface area contributed by atoms with E-state index in [2.05, 4.69) is 5.32 Å². The van der Waals surface area contributed by atoms with Crippen molar-refractivity contribution in [2.75, 3.05) is 18.4 Å². The lowest BCUT2D eigenvalue weighted by Gasteiger charge is -2.30. The summed E-state index contributed by atoms with van der Waals surface area (Å²) < 4.78 is 36.5. The molecule has 3 aliphatic rings. The van der Waals surface area contributed by atoms with E-state index in [1.54, 1.807) is 12.1 Å². The predicted molar refractivity (Wildman–Crippen MR) is 188 cm³/mol. The van der Waals surface area contributed by atoms with Crippen LogP contribution in [0.3, 0.4) is 0 Å². The summed E-state index contributed by atoms with van der Waals surface area (Å²) >= 11 is 0. The second-order valence-electron chi connectivity index (χ2n) is 12.2. The van der Waals surface area contributed by atoms with Crippen molar-refractivity contribution < 1.29 is 22.7 Å². The molecule has 0 spiro atoms. The van der Waals surface area contributed by atoms with E-state index in [9.17, 15) is 18.3 Å².